The topological polar surface area (TPSA) is 77.6 Å². The van der Waals surface area contributed by atoms with Crippen LogP contribution < -0.4 is 15.0 Å². The normalized spacial score (nSPS) is 10.3. The summed E-state index contributed by atoms with van der Waals surface area (Å²) in [7, 11) is 4.42. The lowest BCUT2D eigenvalue weighted by Gasteiger charge is -2.10. The molecule has 1 heterocycles. The highest BCUT2D eigenvalue weighted by molar-refractivity contribution is 5.90. The summed E-state index contributed by atoms with van der Waals surface area (Å²) in [5, 5.41) is 0. The maximum absolute atomic E-state index is 12.1. The number of pyridine rings is 1. The molecule has 0 saturated heterocycles. The van der Waals surface area contributed by atoms with Gasteiger partial charge in [-0.2, -0.15) is 0 Å². The molecule has 0 aliphatic heterocycles. The molecule has 6 heteroatoms. The first-order valence-electron chi connectivity index (χ1n) is 7.02. The molecular weight excluding hydrogens is 298 g/mol. The predicted molar refractivity (Wildman–Crippen MR) is 85.5 cm³/mol. The van der Waals surface area contributed by atoms with Crippen LogP contribution in [0.25, 0.3) is 0 Å². The van der Waals surface area contributed by atoms with Crippen LogP contribution in [0.15, 0.2) is 29.1 Å². The molecule has 0 fully saturated rings. The number of methoxy groups -OCH3 is 3. The zero-order valence-corrected chi connectivity index (χ0v) is 13.6. The molecule has 1 N–H and O–H groups in total. The number of aromatic amines is 1. The SMILES string of the molecule is COC(=O)c1cc(Cc2ccc(OC)c(OC)c2)c(=O)[nH]c1C. The molecule has 0 amide bonds. The van der Waals surface area contributed by atoms with Crippen LogP contribution in [0.2, 0.25) is 0 Å². The minimum atomic E-state index is -0.479. The van der Waals surface area contributed by atoms with E-state index in [1.165, 1.54) is 7.11 Å². The molecule has 0 aliphatic rings. The Bertz CT molecular complexity index is 779. The first kappa shape index (κ1) is 16.6. The second kappa shape index (κ2) is 7.00. The third-order valence-corrected chi connectivity index (χ3v) is 3.56. The number of aryl methyl sites for hydroxylation is 1. The summed E-state index contributed by atoms with van der Waals surface area (Å²) in [4.78, 5) is 26.6. The number of nitrogens with one attached hydrogen (secondary N) is 1. The molecule has 6 nitrogen and oxygen atoms in total. The Kier molecular flexibility index (Phi) is 5.05. The van der Waals surface area contributed by atoms with Crippen molar-refractivity contribution in [3.63, 3.8) is 0 Å². The summed E-state index contributed by atoms with van der Waals surface area (Å²) >= 11 is 0. The summed E-state index contributed by atoms with van der Waals surface area (Å²) in [6.07, 6.45) is 0.361. The van der Waals surface area contributed by atoms with Gasteiger partial charge in [-0.25, -0.2) is 4.79 Å². The van der Waals surface area contributed by atoms with Crippen molar-refractivity contribution in [2.24, 2.45) is 0 Å². The maximum Gasteiger partial charge on any atom is 0.339 e. The number of rotatable bonds is 5. The molecule has 2 aromatic rings. The average molecular weight is 317 g/mol. The van der Waals surface area contributed by atoms with Gasteiger partial charge in [0, 0.05) is 17.7 Å². The first-order chi connectivity index (χ1) is 11.0. The number of aromatic nitrogens is 1. The largest absolute Gasteiger partial charge is 0.493 e. The zero-order valence-electron chi connectivity index (χ0n) is 13.6. The van der Waals surface area contributed by atoms with Gasteiger partial charge in [0.1, 0.15) is 0 Å². The van der Waals surface area contributed by atoms with Gasteiger partial charge in [-0.15, -0.1) is 0 Å². The third-order valence-electron chi connectivity index (χ3n) is 3.56. The zero-order chi connectivity index (χ0) is 17.0. The lowest BCUT2D eigenvalue weighted by Crippen LogP contribution is -2.18. The van der Waals surface area contributed by atoms with Gasteiger partial charge in [0.25, 0.3) is 5.56 Å². The Balaban J connectivity index is 2.40. The highest BCUT2D eigenvalue weighted by Crippen LogP contribution is 2.28. The molecule has 0 unspecified atom stereocenters. The minimum Gasteiger partial charge on any atom is -0.493 e. The molecule has 0 radical (unpaired) electrons. The van der Waals surface area contributed by atoms with Gasteiger partial charge < -0.3 is 19.2 Å². The van der Waals surface area contributed by atoms with Crippen molar-refractivity contribution in [2.75, 3.05) is 21.3 Å². The fourth-order valence-electron chi connectivity index (χ4n) is 2.33. The first-order valence-corrected chi connectivity index (χ1v) is 7.02. The van der Waals surface area contributed by atoms with Crippen LogP contribution in [0.4, 0.5) is 0 Å². The highest BCUT2D eigenvalue weighted by atomic mass is 16.5. The van der Waals surface area contributed by atoms with E-state index in [1.54, 1.807) is 39.3 Å². The van der Waals surface area contributed by atoms with Gasteiger partial charge in [0.2, 0.25) is 0 Å². The van der Waals surface area contributed by atoms with Gasteiger partial charge >= 0.3 is 5.97 Å². The Hall–Kier alpha value is -2.76. The summed E-state index contributed by atoms with van der Waals surface area (Å²) in [5.74, 6) is 0.721. The van der Waals surface area contributed by atoms with Crippen LogP contribution >= 0.6 is 0 Å². The number of hydrogen-bond donors (Lipinski definition) is 1. The van der Waals surface area contributed by atoms with E-state index < -0.39 is 5.97 Å². The summed E-state index contributed by atoms with van der Waals surface area (Å²) in [6.45, 7) is 1.66. The quantitative estimate of drug-likeness (QED) is 0.854. The number of hydrogen-bond acceptors (Lipinski definition) is 5. The fourth-order valence-corrected chi connectivity index (χ4v) is 2.33. The van der Waals surface area contributed by atoms with Crippen LogP contribution in [0.1, 0.15) is 27.2 Å². The molecule has 23 heavy (non-hydrogen) atoms. The second-order valence-electron chi connectivity index (χ2n) is 5.02. The second-order valence-corrected chi connectivity index (χ2v) is 5.02. The van der Waals surface area contributed by atoms with Crippen molar-refractivity contribution >= 4 is 5.97 Å². The van der Waals surface area contributed by atoms with Crippen molar-refractivity contribution in [3.8, 4) is 11.5 Å². The van der Waals surface area contributed by atoms with Gasteiger partial charge in [-0.1, -0.05) is 6.07 Å². The molecule has 122 valence electrons. The number of carbonyl (C=O) groups excluding carboxylic acids is 1. The van der Waals surface area contributed by atoms with Crippen molar-refractivity contribution in [1.29, 1.82) is 0 Å². The number of ether oxygens (including phenoxy) is 3. The van der Waals surface area contributed by atoms with Crippen molar-refractivity contribution in [2.45, 2.75) is 13.3 Å². The van der Waals surface area contributed by atoms with Gasteiger partial charge in [0.05, 0.1) is 26.9 Å². The molecule has 1 aromatic carbocycles. The lowest BCUT2D eigenvalue weighted by atomic mass is 10.0. The van der Waals surface area contributed by atoms with Crippen LogP contribution in [-0.2, 0) is 11.2 Å². The van der Waals surface area contributed by atoms with E-state index in [4.69, 9.17) is 14.2 Å². The summed E-state index contributed by atoms with van der Waals surface area (Å²) < 4.78 is 15.2. The van der Waals surface area contributed by atoms with E-state index in [-0.39, 0.29) is 5.56 Å². The molecule has 0 saturated carbocycles. The van der Waals surface area contributed by atoms with Crippen LogP contribution in [-0.4, -0.2) is 32.3 Å². The number of H-pyrrole nitrogens is 1. The Labute approximate surface area is 134 Å². The Morgan fingerprint density at radius 3 is 2.39 bits per heavy atom. The van der Waals surface area contributed by atoms with Crippen LogP contribution in [0.3, 0.4) is 0 Å². The van der Waals surface area contributed by atoms with E-state index >= 15 is 0 Å². The van der Waals surface area contributed by atoms with Gasteiger partial charge in [-0.3, -0.25) is 4.79 Å². The van der Waals surface area contributed by atoms with Crippen LogP contribution in [0, 0.1) is 6.92 Å². The molecule has 0 bridgehead atoms. The monoisotopic (exact) mass is 317 g/mol. The molecule has 0 atom stereocenters. The lowest BCUT2D eigenvalue weighted by molar-refractivity contribution is 0.0599. The molecular formula is C17H19NO5. The molecule has 0 spiro atoms. The van der Waals surface area contributed by atoms with Crippen LogP contribution in [0.5, 0.6) is 11.5 Å². The Morgan fingerprint density at radius 2 is 1.78 bits per heavy atom. The number of esters is 1. The van der Waals surface area contributed by atoms with E-state index in [1.807, 2.05) is 6.07 Å². The predicted octanol–water partition coefficient (Wildman–Crippen LogP) is 2.08. The highest BCUT2D eigenvalue weighted by Gasteiger charge is 2.14. The number of benzene rings is 1. The molecule has 1 aromatic heterocycles. The Morgan fingerprint density at radius 1 is 1.09 bits per heavy atom. The van der Waals surface area contributed by atoms with E-state index in [0.717, 1.165) is 5.56 Å². The van der Waals surface area contributed by atoms with Crippen molar-refractivity contribution in [1.82, 2.24) is 4.98 Å². The van der Waals surface area contributed by atoms with Gasteiger partial charge in [0.15, 0.2) is 11.5 Å². The molecule has 2 rings (SSSR count). The van der Waals surface area contributed by atoms with Crippen molar-refractivity contribution < 1.29 is 19.0 Å². The van der Waals surface area contributed by atoms with E-state index in [0.29, 0.717) is 34.7 Å². The summed E-state index contributed by atoms with van der Waals surface area (Å²) in [5.41, 5.74) is 1.95. The minimum absolute atomic E-state index is 0.232. The smallest absolute Gasteiger partial charge is 0.339 e. The average Bonchev–Trinajstić information content (AvgIpc) is 2.56. The van der Waals surface area contributed by atoms with Crippen molar-refractivity contribution in [3.05, 3.63) is 57.0 Å². The molecule has 0 aliphatic carbocycles. The fraction of sp³-hybridized carbons (Fsp3) is 0.294. The number of carbonyl (C=O) groups is 1. The van der Waals surface area contributed by atoms with Gasteiger partial charge in [-0.05, 0) is 30.7 Å². The van der Waals surface area contributed by atoms with E-state index in [2.05, 4.69) is 4.98 Å². The summed E-state index contributed by atoms with van der Waals surface area (Å²) in [6, 6.07) is 6.99. The van der Waals surface area contributed by atoms with E-state index in [9.17, 15) is 9.59 Å². The standard InChI is InChI=1S/C17H19NO5/c1-10-13(17(20)23-4)9-12(16(19)18-10)7-11-5-6-14(21-2)15(8-11)22-3/h5-6,8-9H,7H2,1-4H3,(H,18,19). The third kappa shape index (κ3) is 3.53. The maximum atomic E-state index is 12.1.